The number of aryl methyl sites for hydroxylation is 1. The molecular weight excluding hydrogens is 208 g/mol. The first-order valence-electron chi connectivity index (χ1n) is 3.74. The smallest absolute Gasteiger partial charge is 0.342 e. The average molecular weight is 216 g/mol. The highest BCUT2D eigenvalue weighted by molar-refractivity contribution is 7.80. The second-order valence-corrected chi connectivity index (χ2v) is 2.97. The van der Waals surface area contributed by atoms with Gasteiger partial charge in [0.25, 0.3) is 5.56 Å². The van der Waals surface area contributed by atoms with Gasteiger partial charge in [-0.15, -0.1) is 0 Å². The predicted molar refractivity (Wildman–Crippen MR) is 52.1 cm³/mol. The fraction of sp³-hybridized carbons (Fsp3) is 0.286. The maximum atomic E-state index is 11.1. The second kappa shape index (κ2) is 4.14. The lowest BCUT2D eigenvalue weighted by Crippen LogP contribution is -2.33. The number of aromatic carboxylic acids is 1. The van der Waals surface area contributed by atoms with E-state index in [1.165, 1.54) is 0 Å². The Balaban J connectivity index is 3.35. The van der Waals surface area contributed by atoms with Gasteiger partial charge in [-0.25, -0.2) is 9.59 Å². The average Bonchev–Trinajstić information content (AvgIpc) is 2.09. The van der Waals surface area contributed by atoms with Gasteiger partial charge in [0, 0.05) is 18.5 Å². The van der Waals surface area contributed by atoms with Crippen LogP contribution in [0.2, 0.25) is 0 Å². The molecule has 0 atom stereocenters. The van der Waals surface area contributed by atoms with Crippen LogP contribution in [0.3, 0.4) is 0 Å². The predicted octanol–water partition coefficient (Wildman–Crippen LogP) is -0.835. The number of H-pyrrole nitrogens is 1. The number of carboxylic acids is 1. The monoisotopic (exact) mass is 216 g/mol. The molecule has 6 nitrogen and oxygen atoms in total. The molecule has 1 aromatic heterocycles. The Kier molecular flexibility index (Phi) is 3.13. The van der Waals surface area contributed by atoms with Crippen LogP contribution in [0, 0.1) is 0 Å². The third-order valence-corrected chi connectivity index (χ3v) is 1.78. The van der Waals surface area contributed by atoms with E-state index >= 15 is 0 Å². The van der Waals surface area contributed by atoms with Gasteiger partial charge in [-0.3, -0.25) is 14.3 Å². The van der Waals surface area contributed by atoms with Gasteiger partial charge in [-0.05, 0) is 0 Å². The summed E-state index contributed by atoms with van der Waals surface area (Å²) >= 11 is 3.89. The second-order valence-electron chi connectivity index (χ2n) is 2.52. The first kappa shape index (κ1) is 10.6. The number of carbonyl (C=O) groups is 1. The summed E-state index contributed by atoms with van der Waals surface area (Å²) in [5.74, 6) is -0.982. The van der Waals surface area contributed by atoms with E-state index in [0.717, 1.165) is 10.8 Å². The molecule has 0 saturated carbocycles. The highest BCUT2D eigenvalue weighted by Gasteiger charge is 2.10. The van der Waals surface area contributed by atoms with E-state index < -0.39 is 22.8 Å². The standard InChI is InChI=1S/C7H8N2O4S/c10-5-4(6(11)12)3-9(1-2-14)7(13)8-5/h3,14H,1-2H2,(H,11,12)(H,8,10,13). The summed E-state index contributed by atoms with van der Waals surface area (Å²) in [5.41, 5.74) is -1.97. The van der Waals surface area contributed by atoms with E-state index in [0.29, 0.717) is 5.75 Å². The summed E-state index contributed by atoms with van der Waals surface area (Å²) in [7, 11) is 0. The third kappa shape index (κ3) is 2.05. The third-order valence-electron chi connectivity index (χ3n) is 1.58. The van der Waals surface area contributed by atoms with E-state index in [4.69, 9.17) is 5.11 Å². The highest BCUT2D eigenvalue weighted by atomic mass is 32.1. The molecular formula is C7H8N2O4S. The van der Waals surface area contributed by atoms with Crippen molar-refractivity contribution in [2.24, 2.45) is 0 Å². The van der Waals surface area contributed by atoms with Crippen molar-refractivity contribution in [3.8, 4) is 0 Å². The molecule has 2 N–H and O–H groups in total. The molecule has 0 aliphatic carbocycles. The van der Waals surface area contributed by atoms with Crippen molar-refractivity contribution in [3.05, 3.63) is 32.6 Å². The maximum Gasteiger partial charge on any atom is 0.342 e. The quantitative estimate of drug-likeness (QED) is 0.575. The molecule has 76 valence electrons. The zero-order valence-electron chi connectivity index (χ0n) is 7.06. The molecule has 0 fully saturated rings. The van der Waals surface area contributed by atoms with Crippen LogP contribution in [0.25, 0.3) is 0 Å². The minimum Gasteiger partial charge on any atom is -0.477 e. The molecule has 0 saturated heterocycles. The molecule has 0 radical (unpaired) electrons. The number of hydrogen-bond acceptors (Lipinski definition) is 4. The summed E-state index contributed by atoms with van der Waals surface area (Å²) in [6.07, 6.45) is 1.01. The number of hydrogen-bond donors (Lipinski definition) is 3. The summed E-state index contributed by atoms with van der Waals surface area (Å²) in [4.78, 5) is 34.5. The van der Waals surface area contributed by atoms with Crippen LogP contribution in [-0.4, -0.2) is 26.4 Å². The van der Waals surface area contributed by atoms with E-state index in [1.807, 2.05) is 4.98 Å². The van der Waals surface area contributed by atoms with Crippen molar-refractivity contribution in [1.29, 1.82) is 0 Å². The number of thiol groups is 1. The Labute approximate surface area is 83.6 Å². The van der Waals surface area contributed by atoms with Gasteiger partial charge in [-0.2, -0.15) is 12.6 Å². The van der Waals surface area contributed by atoms with Crippen molar-refractivity contribution in [2.75, 3.05) is 5.75 Å². The van der Waals surface area contributed by atoms with Gasteiger partial charge in [0.05, 0.1) is 0 Å². The van der Waals surface area contributed by atoms with Gasteiger partial charge >= 0.3 is 11.7 Å². The first-order valence-corrected chi connectivity index (χ1v) is 4.37. The normalized spacial score (nSPS) is 10.1. The zero-order chi connectivity index (χ0) is 10.7. The first-order chi connectivity index (χ1) is 6.56. The number of aromatic amines is 1. The fourth-order valence-corrected chi connectivity index (χ4v) is 1.15. The summed E-state index contributed by atoms with van der Waals surface area (Å²) in [6, 6.07) is 0. The molecule has 0 bridgehead atoms. The van der Waals surface area contributed by atoms with E-state index in [1.54, 1.807) is 0 Å². The van der Waals surface area contributed by atoms with Crippen molar-refractivity contribution in [3.63, 3.8) is 0 Å². The Bertz CT molecular complexity index is 461. The molecule has 0 unspecified atom stereocenters. The maximum absolute atomic E-state index is 11.1. The van der Waals surface area contributed by atoms with Gasteiger partial charge in [0.1, 0.15) is 5.56 Å². The molecule has 1 rings (SSSR count). The molecule has 0 spiro atoms. The number of rotatable bonds is 3. The van der Waals surface area contributed by atoms with Gasteiger partial charge < -0.3 is 5.11 Å². The minimum absolute atomic E-state index is 0.249. The van der Waals surface area contributed by atoms with E-state index in [-0.39, 0.29) is 6.54 Å². The van der Waals surface area contributed by atoms with Crippen molar-refractivity contribution in [2.45, 2.75) is 6.54 Å². The Hall–Kier alpha value is -1.50. The minimum atomic E-state index is -1.36. The van der Waals surface area contributed by atoms with E-state index in [9.17, 15) is 14.4 Å². The van der Waals surface area contributed by atoms with Crippen LogP contribution in [0.4, 0.5) is 0 Å². The Morgan fingerprint density at radius 2 is 2.21 bits per heavy atom. The molecule has 0 aliphatic rings. The topological polar surface area (TPSA) is 92.2 Å². The van der Waals surface area contributed by atoms with Crippen LogP contribution in [0.15, 0.2) is 15.8 Å². The molecule has 1 heterocycles. The van der Waals surface area contributed by atoms with Crippen LogP contribution in [0.5, 0.6) is 0 Å². The molecule has 0 aliphatic heterocycles. The van der Waals surface area contributed by atoms with Crippen LogP contribution >= 0.6 is 12.6 Å². The lowest BCUT2D eigenvalue weighted by molar-refractivity contribution is 0.0693. The molecule has 0 amide bonds. The SMILES string of the molecule is O=C(O)c1cn(CCS)c(=O)[nH]c1=O. The van der Waals surface area contributed by atoms with Crippen LogP contribution in [0.1, 0.15) is 10.4 Å². The number of aromatic nitrogens is 2. The van der Waals surface area contributed by atoms with Crippen molar-refractivity contribution < 1.29 is 9.90 Å². The largest absolute Gasteiger partial charge is 0.477 e. The van der Waals surface area contributed by atoms with Crippen molar-refractivity contribution in [1.82, 2.24) is 9.55 Å². The summed E-state index contributed by atoms with van der Waals surface area (Å²) < 4.78 is 1.10. The fourth-order valence-electron chi connectivity index (χ4n) is 0.936. The number of nitrogens with zero attached hydrogens (tertiary/aromatic N) is 1. The number of carboxylic acid groups (broad SMARTS) is 1. The number of nitrogens with one attached hydrogen (secondary N) is 1. The van der Waals surface area contributed by atoms with Crippen LogP contribution < -0.4 is 11.2 Å². The molecule has 14 heavy (non-hydrogen) atoms. The Morgan fingerprint density at radius 1 is 1.57 bits per heavy atom. The summed E-state index contributed by atoms with van der Waals surface area (Å²) in [6.45, 7) is 0.249. The highest BCUT2D eigenvalue weighted by Crippen LogP contribution is 1.88. The van der Waals surface area contributed by atoms with Crippen molar-refractivity contribution >= 4 is 18.6 Å². The molecule has 1 aromatic rings. The lowest BCUT2D eigenvalue weighted by Gasteiger charge is -2.02. The molecule has 7 heteroatoms. The van der Waals surface area contributed by atoms with Gasteiger partial charge in [-0.1, -0.05) is 0 Å². The van der Waals surface area contributed by atoms with E-state index in [2.05, 4.69) is 12.6 Å². The van der Waals surface area contributed by atoms with Crippen LogP contribution in [-0.2, 0) is 6.54 Å². The zero-order valence-corrected chi connectivity index (χ0v) is 7.95. The molecule has 0 aromatic carbocycles. The lowest BCUT2D eigenvalue weighted by atomic mass is 10.3. The van der Waals surface area contributed by atoms with Gasteiger partial charge in [0.2, 0.25) is 0 Å². The van der Waals surface area contributed by atoms with Gasteiger partial charge in [0.15, 0.2) is 0 Å². The Morgan fingerprint density at radius 3 is 2.71 bits per heavy atom. The summed E-state index contributed by atoms with van der Waals surface area (Å²) in [5, 5.41) is 8.59.